The summed E-state index contributed by atoms with van der Waals surface area (Å²) in [7, 11) is 1.82. The lowest BCUT2D eigenvalue weighted by Crippen LogP contribution is -2.30. The number of aromatic amines is 1. The molecule has 0 aliphatic carbocycles. The standard InChI is InChI=1S/C22H24N4O2/c1-25(15-16-8-2-5-11-20(16)26-12-6-7-13-26)21(27)14-19-17-9-3-4-10-18(17)22(28)24-23-19/h2-5,8-11H,6-7,12-15H2,1H3,(H,24,28). The summed E-state index contributed by atoms with van der Waals surface area (Å²) in [6, 6.07) is 15.5. The third kappa shape index (κ3) is 3.63. The van der Waals surface area contributed by atoms with Crippen LogP contribution in [0, 0.1) is 0 Å². The molecule has 1 fully saturated rings. The van der Waals surface area contributed by atoms with Crippen LogP contribution in [0.1, 0.15) is 24.1 Å². The highest BCUT2D eigenvalue weighted by Gasteiger charge is 2.19. The van der Waals surface area contributed by atoms with Crippen LogP contribution < -0.4 is 10.5 Å². The Balaban J connectivity index is 1.53. The number of aromatic nitrogens is 2. The summed E-state index contributed by atoms with van der Waals surface area (Å²) in [5.74, 6) is -0.0269. The second-order valence-electron chi connectivity index (χ2n) is 7.29. The van der Waals surface area contributed by atoms with Gasteiger partial charge in [0.25, 0.3) is 5.56 Å². The fraction of sp³-hybridized carbons (Fsp3) is 0.318. The van der Waals surface area contributed by atoms with Gasteiger partial charge in [-0.05, 0) is 30.5 Å². The van der Waals surface area contributed by atoms with Crippen LogP contribution >= 0.6 is 0 Å². The molecule has 0 atom stereocenters. The van der Waals surface area contributed by atoms with Crippen molar-refractivity contribution in [2.24, 2.45) is 0 Å². The number of fused-ring (bicyclic) bond motifs is 1. The number of hydrogen-bond donors (Lipinski definition) is 1. The fourth-order valence-corrected chi connectivity index (χ4v) is 3.84. The number of rotatable bonds is 5. The van der Waals surface area contributed by atoms with Gasteiger partial charge in [0, 0.05) is 37.8 Å². The predicted molar refractivity (Wildman–Crippen MR) is 110 cm³/mol. The first-order valence-corrected chi connectivity index (χ1v) is 9.66. The van der Waals surface area contributed by atoms with Crippen molar-refractivity contribution in [2.45, 2.75) is 25.8 Å². The largest absolute Gasteiger partial charge is 0.371 e. The number of likely N-dealkylation sites (N-methyl/N-ethyl adjacent to an activating group) is 1. The molecule has 1 saturated heterocycles. The Labute approximate surface area is 163 Å². The lowest BCUT2D eigenvalue weighted by Gasteiger charge is -2.24. The van der Waals surface area contributed by atoms with E-state index >= 15 is 0 Å². The van der Waals surface area contributed by atoms with E-state index in [1.807, 2.05) is 31.3 Å². The van der Waals surface area contributed by atoms with Crippen molar-refractivity contribution < 1.29 is 4.79 Å². The smallest absolute Gasteiger partial charge is 0.272 e. The molecule has 144 valence electrons. The van der Waals surface area contributed by atoms with E-state index in [9.17, 15) is 9.59 Å². The Morgan fingerprint density at radius 2 is 1.75 bits per heavy atom. The van der Waals surface area contributed by atoms with Gasteiger partial charge in [0.15, 0.2) is 0 Å². The van der Waals surface area contributed by atoms with Crippen molar-refractivity contribution in [3.8, 4) is 0 Å². The Hall–Kier alpha value is -3.15. The van der Waals surface area contributed by atoms with Crippen molar-refractivity contribution in [1.29, 1.82) is 0 Å². The molecule has 2 heterocycles. The summed E-state index contributed by atoms with van der Waals surface area (Å²) < 4.78 is 0. The Kier molecular flexibility index (Phi) is 5.10. The molecule has 0 radical (unpaired) electrons. The highest BCUT2D eigenvalue weighted by molar-refractivity contribution is 5.88. The number of anilines is 1. The average molecular weight is 376 g/mol. The van der Waals surface area contributed by atoms with E-state index in [1.165, 1.54) is 18.5 Å². The quantitative estimate of drug-likeness (QED) is 0.743. The number of nitrogens with zero attached hydrogens (tertiary/aromatic N) is 3. The molecule has 1 N–H and O–H groups in total. The zero-order chi connectivity index (χ0) is 19.5. The maximum absolute atomic E-state index is 12.9. The normalized spacial score (nSPS) is 13.8. The van der Waals surface area contributed by atoms with Gasteiger partial charge < -0.3 is 9.80 Å². The monoisotopic (exact) mass is 376 g/mol. The minimum Gasteiger partial charge on any atom is -0.371 e. The van der Waals surface area contributed by atoms with Gasteiger partial charge in [-0.2, -0.15) is 5.10 Å². The van der Waals surface area contributed by atoms with E-state index in [-0.39, 0.29) is 17.9 Å². The van der Waals surface area contributed by atoms with Gasteiger partial charge in [0.2, 0.25) is 5.91 Å². The number of carbonyl (C=O) groups is 1. The molecule has 1 aromatic heterocycles. The first-order chi connectivity index (χ1) is 13.6. The van der Waals surface area contributed by atoms with E-state index in [4.69, 9.17) is 0 Å². The predicted octanol–water partition coefficient (Wildman–Crippen LogP) is 2.72. The first kappa shape index (κ1) is 18.2. The molecule has 1 aliphatic rings. The van der Waals surface area contributed by atoms with E-state index in [1.54, 1.807) is 11.0 Å². The van der Waals surface area contributed by atoms with Gasteiger partial charge in [0.05, 0.1) is 17.5 Å². The number of H-pyrrole nitrogens is 1. The Morgan fingerprint density at radius 1 is 1.07 bits per heavy atom. The van der Waals surface area contributed by atoms with Crippen LogP contribution in [-0.4, -0.2) is 41.1 Å². The molecule has 2 aromatic carbocycles. The van der Waals surface area contributed by atoms with Gasteiger partial charge in [-0.3, -0.25) is 9.59 Å². The SMILES string of the molecule is CN(Cc1ccccc1N1CCCC1)C(=O)Cc1n[nH]c(=O)c2ccccc12. The molecule has 0 spiro atoms. The van der Waals surface area contributed by atoms with E-state index in [0.29, 0.717) is 17.6 Å². The Bertz CT molecular complexity index is 1050. The van der Waals surface area contributed by atoms with Crippen LogP contribution in [0.5, 0.6) is 0 Å². The number of para-hydroxylation sites is 1. The molecular weight excluding hydrogens is 352 g/mol. The highest BCUT2D eigenvalue weighted by atomic mass is 16.2. The number of nitrogens with one attached hydrogen (secondary N) is 1. The van der Waals surface area contributed by atoms with Crippen molar-refractivity contribution in [1.82, 2.24) is 15.1 Å². The summed E-state index contributed by atoms with van der Waals surface area (Å²) in [5, 5.41) is 7.91. The number of benzene rings is 2. The minimum atomic E-state index is -0.236. The summed E-state index contributed by atoms with van der Waals surface area (Å²) in [6.45, 7) is 2.69. The zero-order valence-corrected chi connectivity index (χ0v) is 16.0. The molecule has 6 heteroatoms. The number of hydrogen-bond acceptors (Lipinski definition) is 4. The first-order valence-electron chi connectivity index (χ1n) is 9.66. The maximum atomic E-state index is 12.9. The lowest BCUT2D eigenvalue weighted by molar-refractivity contribution is -0.129. The van der Waals surface area contributed by atoms with E-state index in [0.717, 1.165) is 24.0 Å². The third-order valence-electron chi connectivity index (χ3n) is 5.37. The highest BCUT2D eigenvalue weighted by Crippen LogP contribution is 2.25. The zero-order valence-electron chi connectivity index (χ0n) is 16.0. The molecule has 1 aliphatic heterocycles. The summed E-state index contributed by atoms with van der Waals surface area (Å²) >= 11 is 0. The molecule has 0 unspecified atom stereocenters. The number of amides is 1. The molecule has 0 bridgehead atoms. The molecule has 1 amide bonds. The van der Waals surface area contributed by atoms with Gasteiger partial charge in [0.1, 0.15) is 0 Å². The summed E-state index contributed by atoms with van der Waals surface area (Å²) in [5.41, 5.74) is 2.73. The van der Waals surface area contributed by atoms with Crippen molar-refractivity contribution >= 4 is 22.4 Å². The maximum Gasteiger partial charge on any atom is 0.272 e. The van der Waals surface area contributed by atoms with Crippen LogP contribution in [0.4, 0.5) is 5.69 Å². The van der Waals surface area contributed by atoms with Gasteiger partial charge >= 0.3 is 0 Å². The second kappa shape index (κ2) is 7.84. The van der Waals surface area contributed by atoms with Crippen LogP contribution in [0.2, 0.25) is 0 Å². The van der Waals surface area contributed by atoms with Crippen LogP contribution in [0.15, 0.2) is 53.3 Å². The van der Waals surface area contributed by atoms with E-state index in [2.05, 4.69) is 33.3 Å². The molecule has 0 saturated carbocycles. The molecule has 6 nitrogen and oxygen atoms in total. The van der Waals surface area contributed by atoms with Crippen molar-refractivity contribution in [3.05, 3.63) is 70.1 Å². The van der Waals surface area contributed by atoms with E-state index < -0.39 is 0 Å². The molecule has 28 heavy (non-hydrogen) atoms. The third-order valence-corrected chi connectivity index (χ3v) is 5.37. The van der Waals surface area contributed by atoms with Gasteiger partial charge in [-0.1, -0.05) is 36.4 Å². The average Bonchev–Trinajstić information content (AvgIpc) is 3.25. The van der Waals surface area contributed by atoms with Crippen LogP contribution in [-0.2, 0) is 17.8 Å². The van der Waals surface area contributed by atoms with Gasteiger partial charge in [-0.25, -0.2) is 5.10 Å². The fourth-order valence-electron chi connectivity index (χ4n) is 3.84. The second-order valence-corrected chi connectivity index (χ2v) is 7.29. The number of carbonyl (C=O) groups excluding carboxylic acids is 1. The topological polar surface area (TPSA) is 69.3 Å². The van der Waals surface area contributed by atoms with Crippen molar-refractivity contribution in [2.75, 3.05) is 25.0 Å². The van der Waals surface area contributed by atoms with Crippen LogP contribution in [0.25, 0.3) is 10.8 Å². The summed E-state index contributed by atoms with van der Waals surface area (Å²) in [6.07, 6.45) is 2.59. The molecular formula is C22H24N4O2. The minimum absolute atomic E-state index is 0.0269. The molecule has 4 rings (SSSR count). The summed E-state index contributed by atoms with van der Waals surface area (Å²) in [4.78, 5) is 28.9. The Morgan fingerprint density at radius 3 is 2.54 bits per heavy atom. The van der Waals surface area contributed by atoms with Crippen molar-refractivity contribution in [3.63, 3.8) is 0 Å². The van der Waals surface area contributed by atoms with Gasteiger partial charge in [-0.15, -0.1) is 0 Å². The lowest BCUT2D eigenvalue weighted by atomic mass is 10.1. The van der Waals surface area contributed by atoms with Crippen LogP contribution in [0.3, 0.4) is 0 Å². The molecule has 3 aromatic rings.